The molecule has 0 unspecified atom stereocenters. The van der Waals surface area contributed by atoms with Gasteiger partial charge in [0.1, 0.15) is 0 Å². The Bertz CT molecular complexity index is 657. The number of hydrogen-bond acceptors (Lipinski definition) is 3. The van der Waals surface area contributed by atoms with Gasteiger partial charge in [0.05, 0.1) is 23.1 Å². The number of nitrogens with zero attached hydrogens (tertiary/aromatic N) is 4. The zero-order chi connectivity index (χ0) is 11.7. The van der Waals surface area contributed by atoms with E-state index >= 15 is 0 Å². The average molecular weight is 289 g/mol. The Morgan fingerprint density at radius 1 is 1.18 bits per heavy atom. The van der Waals surface area contributed by atoms with Crippen molar-refractivity contribution in [2.24, 2.45) is 0 Å². The van der Waals surface area contributed by atoms with Crippen LogP contribution >= 0.6 is 15.9 Å². The molecule has 0 amide bonds. The molecule has 0 bridgehead atoms. The van der Waals surface area contributed by atoms with Crippen molar-refractivity contribution in [2.45, 2.75) is 5.33 Å². The Morgan fingerprint density at radius 2 is 2.12 bits per heavy atom. The summed E-state index contributed by atoms with van der Waals surface area (Å²) >= 11 is 3.36. The Morgan fingerprint density at radius 3 is 2.94 bits per heavy atom. The molecule has 0 atom stereocenters. The van der Waals surface area contributed by atoms with Crippen LogP contribution in [0.3, 0.4) is 0 Å². The molecule has 2 heterocycles. The molecule has 0 aliphatic rings. The lowest BCUT2D eigenvalue weighted by Gasteiger charge is -2.04. The van der Waals surface area contributed by atoms with Crippen molar-refractivity contribution in [3.05, 3.63) is 48.4 Å². The largest absolute Gasteiger partial charge is 0.256 e. The van der Waals surface area contributed by atoms with E-state index in [9.17, 15) is 0 Å². The van der Waals surface area contributed by atoms with Gasteiger partial charge in [-0.25, -0.2) is 4.68 Å². The molecule has 0 radical (unpaired) electrons. The lowest BCUT2D eigenvalue weighted by molar-refractivity contribution is 0.805. The van der Waals surface area contributed by atoms with E-state index in [4.69, 9.17) is 0 Å². The van der Waals surface area contributed by atoms with Crippen LogP contribution in [0.1, 0.15) is 5.69 Å². The van der Waals surface area contributed by atoms with Crippen LogP contribution in [0.5, 0.6) is 0 Å². The summed E-state index contributed by atoms with van der Waals surface area (Å²) in [5.74, 6) is 0. The number of benzene rings is 1. The van der Waals surface area contributed by atoms with Crippen LogP contribution in [0.2, 0.25) is 0 Å². The van der Waals surface area contributed by atoms with Crippen LogP contribution in [-0.2, 0) is 5.33 Å². The average Bonchev–Trinajstić information content (AvgIpc) is 2.87. The van der Waals surface area contributed by atoms with E-state index in [0.717, 1.165) is 22.3 Å². The number of hydrogen-bond donors (Lipinski definition) is 0. The van der Waals surface area contributed by atoms with E-state index in [1.165, 1.54) is 0 Å². The summed E-state index contributed by atoms with van der Waals surface area (Å²) in [4.78, 5) is 4.32. The molecule has 0 spiro atoms. The molecule has 3 rings (SSSR count). The van der Waals surface area contributed by atoms with Gasteiger partial charge in [0.15, 0.2) is 0 Å². The first-order valence-electron chi connectivity index (χ1n) is 5.20. The Kier molecular flexibility index (Phi) is 2.60. The van der Waals surface area contributed by atoms with E-state index < -0.39 is 0 Å². The summed E-state index contributed by atoms with van der Waals surface area (Å²) < 4.78 is 1.78. The quantitative estimate of drug-likeness (QED) is 0.681. The van der Waals surface area contributed by atoms with Gasteiger partial charge in [-0.2, -0.15) is 0 Å². The first kappa shape index (κ1) is 10.4. The number of aromatic nitrogens is 4. The van der Waals surface area contributed by atoms with Gasteiger partial charge in [-0.3, -0.25) is 4.98 Å². The Balaban J connectivity index is 2.23. The second kappa shape index (κ2) is 4.25. The van der Waals surface area contributed by atoms with Crippen LogP contribution in [0, 0.1) is 0 Å². The minimum Gasteiger partial charge on any atom is -0.256 e. The van der Waals surface area contributed by atoms with Gasteiger partial charge in [-0.1, -0.05) is 27.2 Å². The molecule has 4 nitrogen and oxygen atoms in total. The van der Waals surface area contributed by atoms with E-state index in [0.29, 0.717) is 5.33 Å². The molecular weight excluding hydrogens is 280 g/mol. The molecular formula is C12H9BrN4. The van der Waals surface area contributed by atoms with Gasteiger partial charge in [0.25, 0.3) is 0 Å². The van der Waals surface area contributed by atoms with Crippen molar-refractivity contribution in [1.29, 1.82) is 0 Å². The highest BCUT2D eigenvalue weighted by atomic mass is 79.9. The first-order chi connectivity index (χ1) is 8.38. The van der Waals surface area contributed by atoms with Crippen molar-refractivity contribution >= 4 is 26.8 Å². The van der Waals surface area contributed by atoms with Gasteiger partial charge >= 0.3 is 0 Å². The Hall–Kier alpha value is -1.75. The third-order valence-electron chi connectivity index (χ3n) is 2.55. The molecule has 0 saturated carbocycles. The van der Waals surface area contributed by atoms with Gasteiger partial charge < -0.3 is 0 Å². The third kappa shape index (κ3) is 1.82. The topological polar surface area (TPSA) is 43.6 Å². The second-order valence-corrected chi connectivity index (χ2v) is 4.20. The predicted molar refractivity (Wildman–Crippen MR) is 69.3 cm³/mol. The van der Waals surface area contributed by atoms with E-state index in [2.05, 4.69) is 31.2 Å². The van der Waals surface area contributed by atoms with Gasteiger partial charge in [0.2, 0.25) is 0 Å². The summed E-state index contributed by atoms with van der Waals surface area (Å²) in [6.45, 7) is 0. The molecule has 2 aromatic heterocycles. The lowest BCUT2D eigenvalue weighted by atomic mass is 10.2. The minimum absolute atomic E-state index is 0.704. The standard InChI is InChI=1S/C12H9BrN4/c13-7-9-8-17(16-15-9)12-5-1-4-11-10(12)3-2-6-14-11/h1-6,8H,7H2. The van der Waals surface area contributed by atoms with E-state index in [-0.39, 0.29) is 0 Å². The molecule has 0 N–H and O–H groups in total. The summed E-state index contributed by atoms with van der Waals surface area (Å²) in [6, 6.07) is 9.93. The highest BCUT2D eigenvalue weighted by Gasteiger charge is 2.05. The number of halogens is 1. The normalized spacial score (nSPS) is 10.9. The minimum atomic E-state index is 0.704. The smallest absolute Gasteiger partial charge is 0.0937 e. The second-order valence-electron chi connectivity index (χ2n) is 3.64. The fourth-order valence-corrected chi connectivity index (χ4v) is 2.02. The number of alkyl halides is 1. The molecule has 84 valence electrons. The number of pyridine rings is 1. The molecule has 3 aromatic rings. The van der Waals surface area contributed by atoms with Crippen LogP contribution in [-0.4, -0.2) is 20.0 Å². The molecule has 5 heteroatoms. The summed E-state index contributed by atoms with van der Waals surface area (Å²) in [5.41, 5.74) is 2.86. The molecule has 0 saturated heterocycles. The van der Waals surface area contributed by atoms with Crippen molar-refractivity contribution in [3.8, 4) is 5.69 Å². The van der Waals surface area contributed by atoms with Crippen LogP contribution < -0.4 is 0 Å². The zero-order valence-electron chi connectivity index (χ0n) is 8.92. The maximum atomic E-state index is 4.32. The maximum absolute atomic E-state index is 4.32. The van der Waals surface area contributed by atoms with Gasteiger partial charge in [-0.15, -0.1) is 5.10 Å². The zero-order valence-corrected chi connectivity index (χ0v) is 10.5. The highest BCUT2D eigenvalue weighted by Crippen LogP contribution is 2.19. The fraction of sp³-hybridized carbons (Fsp3) is 0.0833. The summed E-state index contributed by atoms with van der Waals surface area (Å²) in [5, 5.41) is 9.95. The lowest BCUT2D eigenvalue weighted by Crippen LogP contribution is -1.96. The van der Waals surface area contributed by atoms with Crippen LogP contribution in [0.4, 0.5) is 0 Å². The molecule has 0 aliphatic heterocycles. The monoisotopic (exact) mass is 288 g/mol. The van der Waals surface area contributed by atoms with Gasteiger partial charge in [-0.05, 0) is 24.3 Å². The van der Waals surface area contributed by atoms with Crippen molar-refractivity contribution in [1.82, 2.24) is 20.0 Å². The first-order valence-corrected chi connectivity index (χ1v) is 6.32. The van der Waals surface area contributed by atoms with Crippen LogP contribution in [0.15, 0.2) is 42.7 Å². The molecule has 17 heavy (non-hydrogen) atoms. The van der Waals surface area contributed by atoms with Gasteiger partial charge in [0, 0.05) is 16.9 Å². The number of fused-ring (bicyclic) bond motifs is 1. The highest BCUT2D eigenvalue weighted by molar-refractivity contribution is 9.08. The third-order valence-corrected chi connectivity index (χ3v) is 3.12. The molecule has 0 aliphatic carbocycles. The summed E-state index contributed by atoms with van der Waals surface area (Å²) in [6.07, 6.45) is 3.70. The maximum Gasteiger partial charge on any atom is 0.0937 e. The fourth-order valence-electron chi connectivity index (χ4n) is 1.76. The van der Waals surface area contributed by atoms with E-state index in [1.54, 1.807) is 10.9 Å². The Labute approximate surface area is 106 Å². The molecule has 1 aromatic carbocycles. The van der Waals surface area contributed by atoms with Crippen molar-refractivity contribution in [2.75, 3.05) is 0 Å². The molecule has 0 fully saturated rings. The summed E-state index contributed by atoms with van der Waals surface area (Å²) in [7, 11) is 0. The number of rotatable bonds is 2. The van der Waals surface area contributed by atoms with E-state index in [1.807, 2.05) is 36.5 Å². The van der Waals surface area contributed by atoms with Crippen molar-refractivity contribution < 1.29 is 0 Å². The van der Waals surface area contributed by atoms with Crippen LogP contribution in [0.25, 0.3) is 16.6 Å². The van der Waals surface area contributed by atoms with Crippen molar-refractivity contribution in [3.63, 3.8) is 0 Å². The SMILES string of the molecule is BrCc1cn(-c2cccc3ncccc23)nn1. The predicted octanol–water partition coefficient (Wildman–Crippen LogP) is 2.71.